The molecule has 0 spiro atoms. The molecule has 0 amide bonds. The molecule has 0 bridgehead atoms. The van der Waals surface area contributed by atoms with Gasteiger partial charge in [0.25, 0.3) is 0 Å². The van der Waals surface area contributed by atoms with Crippen LogP contribution in [0.15, 0.2) is 49.1 Å². The molecule has 0 heterocycles. The fourth-order valence-corrected chi connectivity index (χ4v) is 0.734. The lowest BCUT2D eigenvalue weighted by Gasteiger charge is -1.93. The van der Waals surface area contributed by atoms with E-state index < -0.39 is 0 Å². The van der Waals surface area contributed by atoms with Crippen molar-refractivity contribution in [1.29, 1.82) is 0 Å². The van der Waals surface area contributed by atoms with Crippen LogP contribution in [0.25, 0.3) is 0 Å². The van der Waals surface area contributed by atoms with Gasteiger partial charge >= 0.3 is 0 Å². The minimum Gasteiger partial charge on any atom is -0.102 e. The summed E-state index contributed by atoms with van der Waals surface area (Å²) in [6.07, 6.45) is 14.2. The minimum atomic E-state index is 0.417. The average Bonchev–Trinajstić information content (AvgIpc) is 2.13. The van der Waals surface area contributed by atoms with E-state index in [-0.39, 0.29) is 0 Å². The third-order valence-corrected chi connectivity index (χ3v) is 1.27. The van der Waals surface area contributed by atoms with Crippen LogP contribution in [0.2, 0.25) is 0 Å². The molecule has 0 fully saturated rings. The first-order chi connectivity index (χ1) is 4.43. The van der Waals surface area contributed by atoms with Crippen molar-refractivity contribution in [2.24, 2.45) is 5.92 Å². The molecule has 0 aliphatic heterocycles. The summed E-state index contributed by atoms with van der Waals surface area (Å²) in [6, 6.07) is 0. The summed E-state index contributed by atoms with van der Waals surface area (Å²) in [6.45, 7) is 3.70. The Morgan fingerprint density at radius 3 is 2.00 bits per heavy atom. The molecule has 0 saturated heterocycles. The van der Waals surface area contributed by atoms with Crippen molar-refractivity contribution in [2.45, 2.75) is 0 Å². The molecule has 0 aromatic carbocycles. The lowest BCUT2D eigenvalue weighted by atomic mass is 10.1. The van der Waals surface area contributed by atoms with Crippen LogP contribution in [0.4, 0.5) is 0 Å². The van der Waals surface area contributed by atoms with Crippen LogP contribution < -0.4 is 0 Å². The molecule has 1 aliphatic carbocycles. The number of hydrogen-bond acceptors (Lipinski definition) is 0. The van der Waals surface area contributed by atoms with Crippen LogP contribution in [-0.2, 0) is 0 Å². The Labute approximate surface area is 55.9 Å². The Morgan fingerprint density at radius 1 is 1.00 bits per heavy atom. The van der Waals surface area contributed by atoms with Crippen LogP contribution in [-0.4, -0.2) is 0 Å². The monoisotopic (exact) mass is 118 g/mol. The molecule has 9 heavy (non-hydrogen) atoms. The zero-order chi connectivity index (χ0) is 6.53. The summed E-state index contributed by atoms with van der Waals surface area (Å²) in [4.78, 5) is 0. The van der Waals surface area contributed by atoms with Gasteiger partial charge in [0, 0.05) is 5.92 Å². The van der Waals surface area contributed by atoms with Crippen molar-refractivity contribution in [3.8, 4) is 0 Å². The van der Waals surface area contributed by atoms with E-state index in [9.17, 15) is 0 Å². The van der Waals surface area contributed by atoms with Gasteiger partial charge in [-0.2, -0.15) is 0 Å². The summed E-state index contributed by atoms with van der Waals surface area (Å²) in [5.74, 6) is 0.417. The van der Waals surface area contributed by atoms with Crippen molar-refractivity contribution < 1.29 is 0 Å². The number of rotatable bonds is 1. The van der Waals surface area contributed by atoms with Gasteiger partial charge in [-0.1, -0.05) is 42.5 Å². The molecule has 0 aromatic rings. The molecule has 0 saturated carbocycles. The molecule has 1 rings (SSSR count). The number of hydrogen-bond donors (Lipinski definition) is 0. The van der Waals surface area contributed by atoms with E-state index in [4.69, 9.17) is 0 Å². The van der Waals surface area contributed by atoms with Crippen LogP contribution in [0.3, 0.4) is 0 Å². The zero-order valence-electron chi connectivity index (χ0n) is 5.33. The predicted octanol–water partition coefficient (Wildman–Crippen LogP) is 2.47. The van der Waals surface area contributed by atoms with Gasteiger partial charge in [-0.25, -0.2) is 0 Å². The van der Waals surface area contributed by atoms with Crippen molar-refractivity contribution >= 4 is 0 Å². The predicted molar refractivity (Wildman–Crippen MR) is 41.1 cm³/mol. The van der Waals surface area contributed by atoms with Gasteiger partial charge in [0.2, 0.25) is 0 Å². The molecule has 0 N–H and O–H groups in total. The molecule has 0 radical (unpaired) electrons. The molecule has 46 valence electrons. The highest BCUT2D eigenvalue weighted by molar-refractivity contribution is 5.22. The molecular weight excluding hydrogens is 108 g/mol. The van der Waals surface area contributed by atoms with E-state index in [2.05, 4.69) is 18.7 Å². The summed E-state index contributed by atoms with van der Waals surface area (Å²) < 4.78 is 0. The van der Waals surface area contributed by atoms with Gasteiger partial charge in [0.05, 0.1) is 0 Å². The maximum Gasteiger partial charge on any atom is 0.0131 e. The smallest absolute Gasteiger partial charge is 0.0131 e. The van der Waals surface area contributed by atoms with E-state index in [0.717, 1.165) is 0 Å². The quantitative estimate of drug-likeness (QED) is 0.464. The molecular formula is C9H10. The number of allylic oxidation sites excluding steroid dienone is 7. The van der Waals surface area contributed by atoms with Gasteiger partial charge < -0.3 is 0 Å². The Bertz CT molecular complexity index is 154. The van der Waals surface area contributed by atoms with Gasteiger partial charge in [-0.15, -0.1) is 6.58 Å². The molecule has 0 unspecified atom stereocenters. The second-order valence-corrected chi connectivity index (χ2v) is 1.97. The summed E-state index contributed by atoms with van der Waals surface area (Å²) in [5, 5.41) is 0. The van der Waals surface area contributed by atoms with Gasteiger partial charge in [-0.05, 0) is 0 Å². The summed E-state index contributed by atoms with van der Waals surface area (Å²) in [5.41, 5.74) is 0. The van der Waals surface area contributed by atoms with Crippen molar-refractivity contribution in [3.63, 3.8) is 0 Å². The van der Waals surface area contributed by atoms with Gasteiger partial charge in [-0.3, -0.25) is 0 Å². The lowest BCUT2D eigenvalue weighted by molar-refractivity contribution is 1.08. The first-order valence-electron chi connectivity index (χ1n) is 3.07. The van der Waals surface area contributed by atoms with Crippen LogP contribution in [0, 0.1) is 5.92 Å². The lowest BCUT2D eigenvalue weighted by Crippen LogP contribution is -1.80. The van der Waals surface area contributed by atoms with E-state index in [0.29, 0.717) is 5.92 Å². The third kappa shape index (κ3) is 1.73. The fourth-order valence-electron chi connectivity index (χ4n) is 0.734. The average molecular weight is 118 g/mol. The van der Waals surface area contributed by atoms with E-state index >= 15 is 0 Å². The topological polar surface area (TPSA) is 0 Å². The highest BCUT2D eigenvalue weighted by atomic mass is 14.0. The highest BCUT2D eigenvalue weighted by Crippen LogP contribution is 2.05. The second kappa shape index (κ2) is 3.08. The maximum atomic E-state index is 3.70. The molecule has 0 aromatic heterocycles. The van der Waals surface area contributed by atoms with Crippen LogP contribution in [0.5, 0.6) is 0 Å². The Hall–Kier alpha value is -1.04. The fraction of sp³-hybridized carbons (Fsp3) is 0.111. The molecule has 0 atom stereocenters. The first kappa shape index (κ1) is 6.09. The van der Waals surface area contributed by atoms with Crippen LogP contribution in [0.1, 0.15) is 0 Å². The van der Waals surface area contributed by atoms with E-state index in [1.165, 1.54) is 0 Å². The highest BCUT2D eigenvalue weighted by Gasteiger charge is 1.90. The van der Waals surface area contributed by atoms with Crippen molar-refractivity contribution in [3.05, 3.63) is 49.1 Å². The SMILES string of the molecule is C=CC1C=CC=CC=C1. The standard InChI is InChI=1S/C9H10/c1-2-9-7-5-3-4-6-8-9/h2-9H,1H2. The normalized spacial score (nSPS) is 17.8. The zero-order valence-corrected chi connectivity index (χ0v) is 5.33. The Kier molecular flexibility index (Phi) is 2.08. The van der Waals surface area contributed by atoms with Gasteiger partial charge in [0.15, 0.2) is 0 Å². The van der Waals surface area contributed by atoms with E-state index in [1.54, 1.807) is 0 Å². The summed E-state index contributed by atoms with van der Waals surface area (Å²) in [7, 11) is 0. The molecule has 0 nitrogen and oxygen atoms in total. The van der Waals surface area contributed by atoms with Crippen molar-refractivity contribution in [1.82, 2.24) is 0 Å². The Morgan fingerprint density at radius 2 is 1.56 bits per heavy atom. The minimum absolute atomic E-state index is 0.417. The first-order valence-corrected chi connectivity index (χ1v) is 3.07. The van der Waals surface area contributed by atoms with Crippen molar-refractivity contribution in [2.75, 3.05) is 0 Å². The molecule has 0 heteroatoms. The summed E-state index contributed by atoms with van der Waals surface area (Å²) >= 11 is 0. The third-order valence-electron chi connectivity index (χ3n) is 1.27. The van der Waals surface area contributed by atoms with E-state index in [1.807, 2.05) is 30.4 Å². The van der Waals surface area contributed by atoms with Gasteiger partial charge in [0.1, 0.15) is 0 Å². The Balaban J connectivity index is 2.69. The largest absolute Gasteiger partial charge is 0.102 e. The van der Waals surface area contributed by atoms with Crippen LogP contribution >= 0.6 is 0 Å². The molecule has 1 aliphatic rings. The maximum absolute atomic E-state index is 3.70. The second-order valence-electron chi connectivity index (χ2n) is 1.97.